The maximum atomic E-state index is 11.0. The number of nitrogens with zero attached hydrogens (tertiary/aromatic N) is 1. The molecule has 0 N–H and O–H groups in total. The molecule has 22 heavy (non-hydrogen) atoms. The second-order valence-electron chi connectivity index (χ2n) is 4.76. The van der Waals surface area contributed by atoms with Crippen molar-refractivity contribution in [3.8, 4) is 0 Å². The molecule has 0 aliphatic carbocycles. The summed E-state index contributed by atoms with van der Waals surface area (Å²) in [5.74, 6) is -0.930. The smallest absolute Gasteiger partial charge is 0.223 e. The van der Waals surface area contributed by atoms with Gasteiger partial charge in [-0.05, 0) is 35.9 Å². The molecule has 0 saturated heterocycles. The molecule has 0 fully saturated rings. The van der Waals surface area contributed by atoms with E-state index in [0.717, 1.165) is 5.56 Å². The third-order valence-corrected chi connectivity index (χ3v) is 3.33. The second-order valence-corrected chi connectivity index (χ2v) is 5.20. The van der Waals surface area contributed by atoms with Crippen LogP contribution in [0, 0.1) is 0 Å². The predicted octanol–water partition coefficient (Wildman–Crippen LogP) is 3.16. The molecule has 5 heteroatoms. The number of rotatable bonds is 4. The number of carboxylic acid groups (broad SMARTS) is 1. The zero-order chi connectivity index (χ0) is 15.5. The van der Waals surface area contributed by atoms with Gasteiger partial charge >= 0.3 is 0 Å². The largest absolute Gasteiger partial charge is 0.550 e. The first kappa shape index (κ1) is 14.4. The van der Waals surface area contributed by atoms with Gasteiger partial charge in [-0.25, -0.2) is 4.98 Å². The average molecular weight is 313 g/mol. The summed E-state index contributed by atoms with van der Waals surface area (Å²) in [4.78, 5) is 15.3. The first-order valence-electron chi connectivity index (χ1n) is 6.64. The number of carbonyl (C=O) groups is 1. The lowest BCUT2D eigenvalue weighted by Crippen LogP contribution is -2.22. The summed E-state index contributed by atoms with van der Waals surface area (Å²) in [5.41, 5.74) is 2.48. The minimum absolute atomic E-state index is 0.269. The van der Waals surface area contributed by atoms with Crippen LogP contribution in [-0.4, -0.2) is 11.0 Å². The number of oxazole rings is 1. The van der Waals surface area contributed by atoms with Crippen LogP contribution in [0.1, 0.15) is 17.9 Å². The van der Waals surface area contributed by atoms with Gasteiger partial charge in [0, 0.05) is 23.0 Å². The van der Waals surface area contributed by atoms with Crippen LogP contribution >= 0.6 is 11.6 Å². The van der Waals surface area contributed by atoms with Gasteiger partial charge in [0.2, 0.25) is 5.89 Å². The fourth-order valence-electron chi connectivity index (χ4n) is 2.15. The number of halogens is 1. The van der Waals surface area contributed by atoms with E-state index < -0.39 is 5.97 Å². The first-order chi connectivity index (χ1) is 10.6. The molecule has 0 aliphatic rings. The van der Waals surface area contributed by atoms with Crippen molar-refractivity contribution in [2.75, 3.05) is 0 Å². The van der Waals surface area contributed by atoms with Crippen LogP contribution in [0.5, 0.6) is 0 Å². The van der Waals surface area contributed by atoms with E-state index in [1.165, 1.54) is 0 Å². The van der Waals surface area contributed by atoms with Gasteiger partial charge in [-0.3, -0.25) is 0 Å². The number of carbonyl (C=O) groups excluding carboxylic acids is 1. The molecule has 1 heterocycles. The molecule has 0 unspecified atom stereocenters. The Morgan fingerprint density at radius 1 is 1.23 bits per heavy atom. The Balaban J connectivity index is 2.07. The summed E-state index contributed by atoms with van der Waals surface area (Å²) in [6.45, 7) is 0. The van der Waals surface area contributed by atoms with Crippen molar-refractivity contribution in [3.05, 3.63) is 65.0 Å². The van der Waals surface area contributed by atoms with Crippen molar-refractivity contribution in [3.63, 3.8) is 0 Å². The summed E-state index contributed by atoms with van der Waals surface area (Å²) < 4.78 is 5.63. The van der Waals surface area contributed by atoms with Gasteiger partial charge in [-0.15, -0.1) is 0 Å². The molecule has 110 valence electrons. The molecule has 1 aromatic heterocycles. The number of benzene rings is 2. The van der Waals surface area contributed by atoms with E-state index in [-0.39, 0.29) is 12.3 Å². The zero-order valence-corrected chi connectivity index (χ0v) is 12.2. The van der Waals surface area contributed by atoms with E-state index in [9.17, 15) is 9.90 Å². The van der Waals surface area contributed by atoms with Crippen LogP contribution in [0.2, 0.25) is 5.02 Å². The lowest BCUT2D eigenvalue weighted by Gasteiger charge is -2.05. The normalized spacial score (nSPS) is 11.8. The number of aromatic nitrogens is 1. The van der Waals surface area contributed by atoms with E-state index in [2.05, 4.69) is 4.98 Å². The number of carboxylic acids is 1. The third-order valence-electron chi connectivity index (χ3n) is 3.09. The quantitative estimate of drug-likeness (QED) is 0.742. The fourth-order valence-corrected chi connectivity index (χ4v) is 2.35. The SMILES string of the molecule is O=C([O-])C/C(=C\c1cccc(Cl)c1)c1nc2ccccc2o1. The summed E-state index contributed by atoms with van der Waals surface area (Å²) in [6.07, 6.45) is 1.39. The Morgan fingerprint density at radius 3 is 2.77 bits per heavy atom. The molecule has 0 spiro atoms. The second kappa shape index (κ2) is 6.03. The molecule has 2 aromatic carbocycles. The number of fused-ring (bicyclic) bond motifs is 1. The molecule has 0 aliphatic heterocycles. The van der Waals surface area contributed by atoms with Crippen LogP contribution in [-0.2, 0) is 4.79 Å². The van der Waals surface area contributed by atoms with Gasteiger partial charge < -0.3 is 14.3 Å². The van der Waals surface area contributed by atoms with Crippen molar-refractivity contribution in [2.45, 2.75) is 6.42 Å². The number of para-hydroxylation sites is 2. The van der Waals surface area contributed by atoms with Gasteiger partial charge in [-0.1, -0.05) is 35.9 Å². The van der Waals surface area contributed by atoms with Gasteiger partial charge in [0.25, 0.3) is 0 Å². The highest BCUT2D eigenvalue weighted by atomic mass is 35.5. The lowest BCUT2D eigenvalue weighted by atomic mass is 10.1. The maximum Gasteiger partial charge on any atom is 0.223 e. The maximum absolute atomic E-state index is 11.0. The Morgan fingerprint density at radius 2 is 2.05 bits per heavy atom. The van der Waals surface area contributed by atoms with E-state index in [4.69, 9.17) is 16.0 Å². The van der Waals surface area contributed by atoms with Gasteiger partial charge in [0.1, 0.15) is 5.52 Å². The first-order valence-corrected chi connectivity index (χ1v) is 7.01. The van der Waals surface area contributed by atoms with Gasteiger partial charge in [-0.2, -0.15) is 0 Å². The molecular weight excluding hydrogens is 302 g/mol. The number of hydrogen-bond donors (Lipinski definition) is 0. The van der Waals surface area contributed by atoms with E-state index >= 15 is 0 Å². The molecule has 0 amide bonds. The van der Waals surface area contributed by atoms with Crippen molar-refractivity contribution in [1.82, 2.24) is 4.98 Å². The lowest BCUT2D eigenvalue weighted by molar-refractivity contribution is -0.304. The fraction of sp³-hybridized carbons (Fsp3) is 0.0588. The van der Waals surface area contributed by atoms with Crippen LogP contribution in [0.4, 0.5) is 0 Å². The minimum Gasteiger partial charge on any atom is -0.550 e. The van der Waals surface area contributed by atoms with Crippen LogP contribution in [0.3, 0.4) is 0 Å². The van der Waals surface area contributed by atoms with Crippen molar-refractivity contribution >= 4 is 40.3 Å². The minimum atomic E-state index is -1.20. The average Bonchev–Trinajstić information content (AvgIpc) is 2.90. The molecular formula is C17H11ClNO3-. The molecule has 0 atom stereocenters. The highest BCUT2D eigenvalue weighted by molar-refractivity contribution is 6.30. The zero-order valence-electron chi connectivity index (χ0n) is 11.5. The highest BCUT2D eigenvalue weighted by Gasteiger charge is 2.11. The van der Waals surface area contributed by atoms with E-state index in [0.29, 0.717) is 21.7 Å². The standard InChI is InChI=1S/C17H12ClNO3/c18-13-5-3-4-11(9-13)8-12(10-16(20)21)17-19-14-6-1-2-7-15(14)22-17/h1-9H,10H2,(H,20,21)/p-1/b12-8+. The third kappa shape index (κ3) is 3.18. The van der Waals surface area contributed by atoms with Crippen molar-refractivity contribution in [2.24, 2.45) is 0 Å². The Kier molecular flexibility index (Phi) is 3.94. The molecule has 0 saturated carbocycles. The number of hydrogen-bond acceptors (Lipinski definition) is 4. The van der Waals surface area contributed by atoms with Gasteiger partial charge in [0.05, 0.1) is 0 Å². The van der Waals surface area contributed by atoms with Crippen LogP contribution in [0.25, 0.3) is 22.7 Å². The predicted molar refractivity (Wildman–Crippen MR) is 83.0 cm³/mol. The Bertz CT molecular complexity index is 834. The summed E-state index contributed by atoms with van der Waals surface area (Å²) >= 11 is 5.95. The molecule has 4 nitrogen and oxygen atoms in total. The van der Waals surface area contributed by atoms with Crippen LogP contribution in [0.15, 0.2) is 52.9 Å². The molecule has 0 bridgehead atoms. The molecule has 0 radical (unpaired) electrons. The number of aliphatic carboxylic acids is 1. The van der Waals surface area contributed by atoms with Crippen LogP contribution < -0.4 is 5.11 Å². The van der Waals surface area contributed by atoms with Crippen molar-refractivity contribution < 1.29 is 14.3 Å². The summed E-state index contributed by atoms with van der Waals surface area (Å²) in [7, 11) is 0. The van der Waals surface area contributed by atoms with E-state index in [1.807, 2.05) is 18.2 Å². The summed E-state index contributed by atoms with van der Waals surface area (Å²) in [5, 5.41) is 11.6. The molecule has 3 aromatic rings. The highest BCUT2D eigenvalue weighted by Crippen LogP contribution is 2.25. The van der Waals surface area contributed by atoms with E-state index in [1.54, 1.807) is 36.4 Å². The monoisotopic (exact) mass is 312 g/mol. The van der Waals surface area contributed by atoms with Crippen molar-refractivity contribution in [1.29, 1.82) is 0 Å². The summed E-state index contributed by atoms with van der Waals surface area (Å²) in [6, 6.07) is 14.3. The topological polar surface area (TPSA) is 66.2 Å². The Hall–Kier alpha value is -2.59. The molecule has 3 rings (SSSR count). The Labute approximate surface area is 131 Å². The van der Waals surface area contributed by atoms with Gasteiger partial charge in [0.15, 0.2) is 5.58 Å².